The van der Waals surface area contributed by atoms with Gasteiger partial charge in [0.15, 0.2) is 0 Å². The Labute approximate surface area is 199 Å². The van der Waals surface area contributed by atoms with Gasteiger partial charge in [-0.05, 0) is 50.3 Å². The maximum atomic E-state index is 13.1. The average molecular weight is 478 g/mol. The van der Waals surface area contributed by atoms with Crippen molar-refractivity contribution < 1.29 is 34.2 Å². The molecular formula is C24H35N3O7. The summed E-state index contributed by atoms with van der Waals surface area (Å²) < 4.78 is 0. The maximum Gasteiger partial charge on any atom is 0.305 e. The van der Waals surface area contributed by atoms with Crippen LogP contribution in [0.4, 0.5) is 0 Å². The summed E-state index contributed by atoms with van der Waals surface area (Å²) in [5, 5.41) is 26.2. The van der Waals surface area contributed by atoms with Gasteiger partial charge in [-0.15, -0.1) is 0 Å². The fourth-order valence-electron chi connectivity index (χ4n) is 3.47. The number of phenolic OH excluding ortho intramolecular Hbond substituents is 1. The van der Waals surface area contributed by atoms with E-state index in [0.29, 0.717) is 0 Å². The van der Waals surface area contributed by atoms with Gasteiger partial charge in [0.1, 0.15) is 23.6 Å². The summed E-state index contributed by atoms with van der Waals surface area (Å²) in [4.78, 5) is 61.2. The standard InChI is InChI=1S/C24H35N3O7/c1-5-25-23(33)20(13-21(30)31)27-24(34)19(10-14(2)3)26-22(32)17(11-15(4)28)12-16-6-8-18(29)9-7-16/h6-9,14,17,19-20,29H,5,10-13H2,1-4H3,(H,25,33)(H,26,32)(H,27,34)(H,30,31)/t17-,19+,20-/m0/s1. The fourth-order valence-corrected chi connectivity index (χ4v) is 3.47. The summed E-state index contributed by atoms with van der Waals surface area (Å²) in [7, 11) is 0. The Hall–Kier alpha value is -3.43. The molecule has 0 spiro atoms. The van der Waals surface area contributed by atoms with E-state index in [9.17, 15) is 29.1 Å². The molecule has 10 heteroatoms. The van der Waals surface area contributed by atoms with Crippen LogP contribution in [0.15, 0.2) is 24.3 Å². The van der Waals surface area contributed by atoms with Crippen molar-refractivity contribution in [3.8, 4) is 5.75 Å². The van der Waals surface area contributed by atoms with Crippen molar-refractivity contribution in [2.75, 3.05) is 6.54 Å². The quantitative estimate of drug-likeness (QED) is 0.268. The summed E-state index contributed by atoms with van der Waals surface area (Å²) in [6.07, 6.45) is -0.169. The minimum Gasteiger partial charge on any atom is -0.508 e. The lowest BCUT2D eigenvalue weighted by atomic mass is 9.92. The number of carboxylic acid groups (broad SMARTS) is 1. The minimum atomic E-state index is -1.29. The van der Waals surface area contributed by atoms with Gasteiger partial charge >= 0.3 is 5.97 Å². The Balaban J connectivity index is 3.04. The molecule has 10 nitrogen and oxygen atoms in total. The summed E-state index contributed by atoms with van der Waals surface area (Å²) in [6.45, 7) is 7.02. The highest BCUT2D eigenvalue weighted by Crippen LogP contribution is 2.17. The van der Waals surface area contributed by atoms with Crippen molar-refractivity contribution in [1.29, 1.82) is 0 Å². The number of rotatable bonds is 14. The second-order valence-corrected chi connectivity index (χ2v) is 8.72. The molecule has 0 aromatic heterocycles. The van der Waals surface area contributed by atoms with Crippen LogP contribution in [-0.4, -0.2) is 58.3 Å². The number of phenols is 1. The summed E-state index contributed by atoms with van der Waals surface area (Å²) >= 11 is 0. The smallest absolute Gasteiger partial charge is 0.305 e. The molecule has 0 heterocycles. The molecule has 0 saturated heterocycles. The molecule has 3 amide bonds. The predicted octanol–water partition coefficient (Wildman–Crippen LogP) is 1.16. The number of carbonyl (C=O) groups excluding carboxylic acids is 4. The Bertz CT molecular complexity index is 868. The van der Waals surface area contributed by atoms with E-state index in [0.717, 1.165) is 5.56 Å². The van der Waals surface area contributed by atoms with E-state index in [1.54, 1.807) is 19.1 Å². The Morgan fingerprint density at radius 2 is 1.47 bits per heavy atom. The normalized spacial score (nSPS) is 13.4. The number of amides is 3. The zero-order chi connectivity index (χ0) is 25.8. The number of aromatic hydroxyl groups is 1. The highest BCUT2D eigenvalue weighted by Gasteiger charge is 2.30. The number of ketones is 1. The minimum absolute atomic E-state index is 0.00166. The molecule has 0 radical (unpaired) electrons. The molecule has 1 aromatic rings. The third-order valence-corrected chi connectivity index (χ3v) is 5.03. The van der Waals surface area contributed by atoms with Crippen LogP contribution in [0.5, 0.6) is 5.75 Å². The zero-order valence-electron chi connectivity index (χ0n) is 20.1. The summed E-state index contributed by atoms with van der Waals surface area (Å²) in [5.41, 5.74) is 0.738. The molecule has 5 N–H and O–H groups in total. The van der Waals surface area contributed by atoms with Crippen molar-refractivity contribution in [1.82, 2.24) is 16.0 Å². The van der Waals surface area contributed by atoms with Crippen molar-refractivity contribution in [3.05, 3.63) is 29.8 Å². The molecule has 0 aliphatic carbocycles. The van der Waals surface area contributed by atoms with Crippen molar-refractivity contribution in [3.63, 3.8) is 0 Å². The number of aliphatic carboxylic acids is 1. The molecule has 0 aliphatic rings. The van der Waals surface area contributed by atoms with Gasteiger partial charge in [0.05, 0.1) is 6.42 Å². The SMILES string of the molecule is CCNC(=O)[C@H](CC(=O)O)NC(=O)[C@@H](CC(C)C)NC(=O)[C@@H](CC(C)=O)Cc1ccc(O)cc1. The third kappa shape index (κ3) is 10.5. The Morgan fingerprint density at radius 3 is 1.97 bits per heavy atom. The lowest BCUT2D eigenvalue weighted by Gasteiger charge is -2.25. The molecule has 188 valence electrons. The summed E-state index contributed by atoms with van der Waals surface area (Å²) in [5.74, 6) is -3.92. The Morgan fingerprint density at radius 1 is 0.882 bits per heavy atom. The first-order valence-electron chi connectivity index (χ1n) is 11.3. The van der Waals surface area contributed by atoms with E-state index in [1.807, 2.05) is 13.8 Å². The lowest BCUT2D eigenvalue weighted by Crippen LogP contribution is -2.55. The summed E-state index contributed by atoms with van der Waals surface area (Å²) in [6, 6.07) is 3.95. The van der Waals surface area contributed by atoms with Gasteiger partial charge in [-0.1, -0.05) is 26.0 Å². The van der Waals surface area contributed by atoms with Crippen molar-refractivity contribution in [2.24, 2.45) is 11.8 Å². The fraction of sp³-hybridized carbons (Fsp3) is 0.542. The van der Waals surface area contributed by atoms with E-state index in [4.69, 9.17) is 5.11 Å². The molecule has 0 unspecified atom stereocenters. The van der Waals surface area contributed by atoms with Crippen molar-refractivity contribution in [2.45, 2.75) is 65.5 Å². The molecule has 0 aliphatic heterocycles. The highest BCUT2D eigenvalue weighted by molar-refractivity contribution is 5.94. The molecule has 34 heavy (non-hydrogen) atoms. The van der Waals surface area contributed by atoms with Crippen LogP contribution >= 0.6 is 0 Å². The first kappa shape index (κ1) is 28.6. The van der Waals surface area contributed by atoms with Gasteiger partial charge in [-0.3, -0.25) is 19.2 Å². The molecule has 0 saturated carbocycles. The van der Waals surface area contributed by atoms with Crippen LogP contribution in [-0.2, 0) is 30.4 Å². The van der Waals surface area contributed by atoms with Crippen LogP contribution in [0.25, 0.3) is 0 Å². The largest absolute Gasteiger partial charge is 0.508 e. The third-order valence-electron chi connectivity index (χ3n) is 5.03. The zero-order valence-corrected chi connectivity index (χ0v) is 20.1. The van der Waals surface area contributed by atoms with Crippen LogP contribution in [0.2, 0.25) is 0 Å². The van der Waals surface area contributed by atoms with Crippen molar-refractivity contribution >= 4 is 29.5 Å². The van der Waals surface area contributed by atoms with Crippen LogP contribution < -0.4 is 16.0 Å². The predicted molar refractivity (Wildman–Crippen MR) is 125 cm³/mol. The monoisotopic (exact) mass is 477 g/mol. The lowest BCUT2D eigenvalue weighted by molar-refractivity contribution is -0.141. The number of carboxylic acids is 1. The topological polar surface area (TPSA) is 162 Å². The van der Waals surface area contributed by atoms with Gasteiger partial charge in [0.25, 0.3) is 0 Å². The van der Waals surface area contributed by atoms with E-state index in [2.05, 4.69) is 16.0 Å². The van der Waals surface area contributed by atoms with E-state index in [1.165, 1.54) is 19.1 Å². The molecule has 1 aromatic carbocycles. The molecular weight excluding hydrogens is 442 g/mol. The Kier molecular flexibility index (Phi) is 11.8. The number of nitrogens with one attached hydrogen (secondary N) is 3. The number of Topliss-reactive ketones (excluding diaryl/α,β-unsaturated/α-hetero) is 1. The first-order chi connectivity index (χ1) is 15.9. The van der Waals surface area contributed by atoms with Gasteiger partial charge in [-0.2, -0.15) is 0 Å². The molecule has 0 bridgehead atoms. The molecule has 0 fully saturated rings. The highest BCUT2D eigenvalue weighted by atomic mass is 16.4. The first-order valence-corrected chi connectivity index (χ1v) is 11.3. The molecule has 3 atom stereocenters. The van der Waals surface area contributed by atoms with Gasteiger partial charge in [-0.25, -0.2) is 0 Å². The van der Waals surface area contributed by atoms with Gasteiger partial charge < -0.3 is 31.0 Å². The van der Waals surface area contributed by atoms with Gasteiger partial charge in [0, 0.05) is 18.9 Å². The van der Waals surface area contributed by atoms with E-state index < -0.39 is 48.1 Å². The van der Waals surface area contributed by atoms with Crippen LogP contribution in [0, 0.1) is 11.8 Å². The van der Waals surface area contributed by atoms with Crippen LogP contribution in [0.3, 0.4) is 0 Å². The van der Waals surface area contributed by atoms with Crippen LogP contribution in [0.1, 0.15) is 52.5 Å². The number of likely N-dealkylation sites (N-methyl/N-ethyl adjacent to an activating group) is 1. The maximum absolute atomic E-state index is 13.1. The second kappa shape index (κ2) is 14.0. The number of benzene rings is 1. The van der Waals surface area contributed by atoms with Gasteiger partial charge in [0.2, 0.25) is 17.7 Å². The second-order valence-electron chi connectivity index (χ2n) is 8.72. The molecule has 1 rings (SSSR count). The number of hydrogen-bond donors (Lipinski definition) is 5. The van der Waals surface area contributed by atoms with E-state index >= 15 is 0 Å². The average Bonchev–Trinajstić information content (AvgIpc) is 2.73. The number of carbonyl (C=O) groups is 5. The number of hydrogen-bond acceptors (Lipinski definition) is 6. The van der Waals surface area contributed by atoms with E-state index in [-0.39, 0.29) is 43.3 Å².